The van der Waals surface area contributed by atoms with Gasteiger partial charge in [-0.15, -0.1) is 4.31 Å². The molecule has 1 aromatic carbocycles. The van der Waals surface area contributed by atoms with Gasteiger partial charge < -0.3 is 4.55 Å². The largest absolute Gasteiger partial charge is 0.597 e. The molecule has 0 spiro atoms. The number of hydrogen-bond acceptors (Lipinski definition) is 2. The molecule has 1 heterocycles. The molecule has 0 N–H and O–H groups in total. The van der Waals surface area contributed by atoms with E-state index in [0.29, 0.717) is 5.02 Å². The van der Waals surface area contributed by atoms with Gasteiger partial charge in [0.1, 0.15) is 10.6 Å². The van der Waals surface area contributed by atoms with E-state index < -0.39 is 11.4 Å². The molecule has 0 amide bonds. The van der Waals surface area contributed by atoms with E-state index >= 15 is 0 Å². The Bertz CT molecular complexity index is 503. The predicted molar refractivity (Wildman–Crippen MR) is 82.7 cm³/mol. The molecule has 0 bridgehead atoms. The van der Waals surface area contributed by atoms with Gasteiger partial charge >= 0.3 is 0 Å². The lowest BCUT2D eigenvalue weighted by Gasteiger charge is -2.34. The molecule has 0 radical (unpaired) electrons. The van der Waals surface area contributed by atoms with Crippen LogP contribution >= 0.6 is 11.6 Å². The third kappa shape index (κ3) is 3.14. The van der Waals surface area contributed by atoms with Crippen molar-refractivity contribution in [2.45, 2.75) is 51.3 Å². The topological polar surface area (TPSA) is 26.3 Å². The summed E-state index contributed by atoms with van der Waals surface area (Å²) in [6, 6.07) is 2.86. The van der Waals surface area contributed by atoms with Crippen LogP contribution in [0.3, 0.4) is 0 Å². The molecule has 0 saturated carbocycles. The van der Waals surface area contributed by atoms with Gasteiger partial charge in [-0.05, 0) is 63.8 Å². The molecule has 1 aliphatic rings. The number of hydrogen-bond donors (Lipinski definition) is 0. The van der Waals surface area contributed by atoms with Crippen LogP contribution in [0, 0.1) is 12.7 Å². The molecule has 0 aliphatic carbocycles. The van der Waals surface area contributed by atoms with Crippen LogP contribution < -0.4 is 0 Å². The summed E-state index contributed by atoms with van der Waals surface area (Å²) in [7, 11) is 0. The summed E-state index contributed by atoms with van der Waals surface area (Å²) in [6.45, 7) is 8.43. The fraction of sp³-hybridized carbons (Fsp3) is 0.600. The Morgan fingerprint density at radius 3 is 2.65 bits per heavy atom. The molecule has 112 valence electrons. The Morgan fingerprint density at radius 1 is 1.40 bits per heavy atom. The molecule has 2 rings (SSSR count). The molecule has 0 aromatic heterocycles. The summed E-state index contributed by atoms with van der Waals surface area (Å²) in [5, 5.41) is 0.592. The van der Waals surface area contributed by atoms with Gasteiger partial charge in [-0.3, -0.25) is 0 Å². The molecule has 1 aliphatic heterocycles. The lowest BCUT2D eigenvalue weighted by atomic mass is 10.0. The van der Waals surface area contributed by atoms with Crippen LogP contribution in [0.5, 0.6) is 0 Å². The second-order valence-electron chi connectivity index (χ2n) is 6.29. The minimum Gasteiger partial charge on any atom is -0.597 e. The van der Waals surface area contributed by atoms with Gasteiger partial charge in [0.15, 0.2) is 0 Å². The second kappa shape index (κ2) is 5.84. The molecule has 20 heavy (non-hydrogen) atoms. The standard InChI is InChI=1S/C15H21ClFNOS/c1-10-8-11(17)9-12(14(10)16)13-6-5-7-18(13)20(19)15(2,3)4/h8-9,13H,5-7H2,1-4H3/t13-,20?/m0/s1. The first-order valence-electron chi connectivity index (χ1n) is 6.86. The van der Waals surface area contributed by atoms with Crippen LogP contribution in [-0.4, -0.2) is 20.1 Å². The van der Waals surface area contributed by atoms with Gasteiger partial charge in [-0.2, -0.15) is 0 Å². The van der Waals surface area contributed by atoms with E-state index in [-0.39, 0.29) is 16.6 Å². The van der Waals surface area contributed by atoms with Gasteiger partial charge in [0, 0.05) is 22.9 Å². The van der Waals surface area contributed by atoms with E-state index in [2.05, 4.69) is 0 Å². The maximum absolute atomic E-state index is 13.7. The molecule has 2 atom stereocenters. The van der Waals surface area contributed by atoms with Crippen molar-refractivity contribution in [3.05, 3.63) is 34.1 Å². The number of rotatable bonds is 2. The lowest BCUT2D eigenvalue weighted by Crippen LogP contribution is -2.42. The average molecular weight is 318 g/mol. The van der Waals surface area contributed by atoms with E-state index in [0.717, 1.165) is 30.5 Å². The molecular weight excluding hydrogens is 297 g/mol. The third-order valence-electron chi connectivity index (χ3n) is 3.55. The van der Waals surface area contributed by atoms with Crippen LogP contribution in [0.15, 0.2) is 12.1 Å². The first-order chi connectivity index (χ1) is 9.21. The van der Waals surface area contributed by atoms with E-state index in [1.54, 1.807) is 6.92 Å². The van der Waals surface area contributed by atoms with Crippen molar-refractivity contribution < 1.29 is 8.94 Å². The summed E-state index contributed by atoms with van der Waals surface area (Å²) >= 11 is 5.22. The molecular formula is C15H21ClFNOS. The number of benzene rings is 1. The van der Waals surface area contributed by atoms with Crippen molar-refractivity contribution in [1.82, 2.24) is 4.31 Å². The van der Waals surface area contributed by atoms with Crippen LogP contribution in [0.25, 0.3) is 0 Å². The van der Waals surface area contributed by atoms with Crippen molar-refractivity contribution >= 4 is 23.0 Å². The van der Waals surface area contributed by atoms with Gasteiger partial charge in [-0.1, -0.05) is 11.6 Å². The van der Waals surface area contributed by atoms with E-state index in [1.807, 2.05) is 25.1 Å². The maximum atomic E-state index is 13.7. The molecule has 1 saturated heterocycles. The zero-order chi connectivity index (χ0) is 15.1. The van der Waals surface area contributed by atoms with Crippen LogP contribution in [0.4, 0.5) is 4.39 Å². The van der Waals surface area contributed by atoms with E-state index in [4.69, 9.17) is 11.6 Å². The number of nitrogens with zero attached hydrogens (tertiary/aromatic N) is 1. The zero-order valence-electron chi connectivity index (χ0n) is 12.4. The van der Waals surface area contributed by atoms with Crippen molar-refractivity contribution in [1.29, 1.82) is 0 Å². The molecule has 1 fully saturated rings. The minimum atomic E-state index is -1.11. The quantitative estimate of drug-likeness (QED) is 0.756. The van der Waals surface area contributed by atoms with Crippen molar-refractivity contribution in [3.8, 4) is 0 Å². The Hall–Kier alpha value is -0.290. The summed E-state index contributed by atoms with van der Waals surface area (Å²) in [6.07, 6.45) is 1.82. The first-order valence-corrected chi connectivity index (χ1v) is 8.34. The summed E-state index contributed by atoms with van der Waals surface area (Å²) < 4.78 is 27.9. The van der Waals surface area contributed by atoms with Crippen LogP contribution in [0.2, 0.25) is 5.02 Å². The van der Waals surface area contributed by atoms with Gasteiger partial charge in [0.2, 0.25) is 0 Å². The number of halogens is 2. The monoisotopic (exact) mass is 317 g/mol. The summed E-state index contributed by atoms with van der Waals surface area (Å²) in [5.41, 5.74) is 1.49. The highest BCUT2D eigenvalue weighted by Gasteiger charge is 2.41. The summed E-state index contributed by atoms with van der Waals surface area (Å²) in [4.78, 5) is 0. The Kier molecular flexibility index (Phi) is 4.69. The summed E-state index contributed by atoms with van der Waals surface area (Å²) in [5.74, 6) is -0.282. The van der Waals surface area contributed by atoms with Crippen molar-refractivity contribution in [2.24, 2.45) is 0 Å². The normalized spacial score (nSPS) is 22.2. The molecule has 1 aromatic rings. The highest BCUT2D eigenvalue weighted by atomic mass is 35.5. The first kappa shape index (κ1) is 16.1. The fourth-order valence-corrected chi connectivity index (χ4v) is 4.28. The smallest absolute Gasteiger partial charge is 0.137 e. The second-order valence-corrected chi connectivity index (χ2v) is 8.86. The van der Waals surface area contributed by atoms with Gasteiger partial charge in [-0.25, -0.2) is 4.39 Å². The molecule has 5 heteroatoms. The SMILES string of the molecule is Cc1cc(F)cc([C@@H]2CCCN2[S+]([O-])C(C)(C)C)c1Cl. The minimum absolute atomic E-state index is 0.0584. The average Bonchev–Trinajstić information content (AvgIpc) is 2.80. The van der Waals surface area contributed by atoms with Crippen LogP contribution in [-0.2, 0) is 11.4 Å². The van der Waals surface area contributed by atoms with E-state index in [1.165, 1.54) is 12.1 Å². The predicted octanol–water partition coefficient (Wildman–Crippen LogP) is 4.39. The Labute approximate surface area is 128 Å². The lowest BCUT2D eigenvalue weighted by molar-refractivity contribution is 0.380. The van der Waals surface area contributed by atoms with Gasteiger partial charge in [0.25, 0.3) is 0 Å². The zero-order valence-corrected chi connectivity index (χ0v) is 13.9. The van der Waals surface area contributed by atoms with Gasteiger partial charge in [0.05, 0.1) is 6.04 Å². The molecule has 1 unspecified atom stereocenters. The Morgan fingerprint density at radius 2 is 2.05 bits per heavy atom. The Balaban J connectivity index is 2.37. The van der Waals surface area contributed by atoms with Crippen LogP contribution in [0.1, 0.15) is 50.8 Å². The number of aryl methyl sites for hydroxylation is 1. The maximum Gasteiger partial charge on any atom is 0.137 e. The highest BCUT2D eigenvalue weighted by Crippen LogP contribution is 2.41. The third-order valence-corrected chi connectivity index (χ3v) is 5.97. The fourth-order valence-electron chi connectivity index (χ4n) is 2.60. The highest BCUT2D eigenvalue weighted by molar-refractivity contribution is 7.90. The molecule has 2 nitrogen and oxygen atoms in total. The van der Waals surface area contributed by atoms with Crippen molar-refractivity contribution in [3.63, 3.8) is 0 Å². The van der Waals surface area contributed by atoms with Crippen molar-refractivity contribution in [2.75, 3.05) is 6.54 Å². The van der Waals surface area contributed by atoms with E-state index in [9.17, 15) is 8.94 Å².